The van der Waals surface area contributed by atoms with Gasteiger partial charge < -0.3 is 4.74 Å². The normalized spacial score (nSPS) is 12.4. The van der Waals surface area contributed by atoms with Crippen LogP contribution in [0.3, 0.4) is 0 Å². The van der Waals surface area contributed by atoms with E-state index in [9.17, 15) is 13.2 Å². The molecule has 1 heterocycles. The first-order valence-corrected chi connectivity index (χ1v) is 11.2. The Hall–Kier alpha value is -1.32. The molecule has 6 nitrogen and oxygen atoms in total. The van der Waals surface area contributed by atoms with Crippen LogP contribution in [-0.2, 0) is 14.8 Å². The molecule has 0 saturated carbocycles. The highest BCUT2D eigenvalue weighted by atomic mass is 35.5. The molecule has 1 aromatic carbocycles. The summed E-state index contributed by atoms with van der Waals surface area (Å²) < 4.78 is 32.9. The summed E-state index contributed by atoms with van der Waals surface area (Å²) in [6, 6.07) is 2.91. The summed E-state index contributed by atoms with van der Waals surface area (Å²) in [5.41, 5.74) is 0.222. The van der Waals surface area contributed by atoms with Crippen LogP contribution in [0.2, 0.25) is 15.1 Å². The third-order valence-corrected chi connectivity index (χ3v) is 7.07. The molecule has 1 aromatic heterocycles. The minimum absolute atomic E-state index is 0.0211. The van der Waals surface area contributed by atoms with E-state index in [2.05, 4.69) is 16.3 Å². The number of hydrogen-bond acceptors (Lipinski definition) is 6. The largest absolute Gasteiger partial charge is 0.406 e. The number of carbonyl (C=O) groups excluding carboxylic acids is 1. The lowest BCUT2D eigenvalue weighted by Crippen LogP contribution is -2.20. The fraction of sp³-hybridized carbons (Fsp3) is 0.250. The van der Waals surface area contributed by atoms with E-state index in [-0.39, 0.29) is 38.1 Å². The van der Waals surface area contributed by atoms with E-state index in [0.29, 0.717) is 6.42 Å². The molecule has 0 aliphatic rings. The van der Waals surface area contributed by atoms with E-state index in [1.807, 2.05) is 6.92 Å². The Bertz CT molecular complexity index is 961. The van der Waals surface area contributed by atoms with Gasteiger partial charge in [-0.2, -0.15) is 4.98 Å². The Labute approximate surface area is 176 Å². The Morgan fingerprint density at radius 1 is 1.37 bits per heavy atom. The van der Waals surface area contributed by atoms with Crippen LogP contribution < -0.4 is 9.46 Å². The van der Waals surface area contributed by atoms with Gasteiger partial charge in [0.15, 0.2) is 5.13 Å². The van der Waals surface area contributed by atoms with Gasteiger partial charge in [0.1, 0.15) is 5.25 Å². The Kier molecular flexibility index (Phi) is 7.53. The second kappa shape index (κ2) is 9.25. The zero-order chi connectivity index (χ0) is 20.2. The van der Waals surface area contributed by atoms with Gasteiger partial charge in [-0.3, -0.25) is 9.52 Å². The molecule has 146 valence electrons. The monoisotopic (exact) mass is 468 g/mol. The lowest BCUT2D eigenvalue weighted by Gasteiger charge is -2.17. The first-order valence-electron chi connectivity index (χ1n) is 7.63. The van der Waals surface area contributed by atoms with Gasteiger partial charge in [0.05, 0.1) is 20.4 Å². The molecule has 0 amide bonds. The van der Waals surface area contributed by atoms with Gasteiger partial charge >= 0.3 is 5.97 Å². The molecule has 1 unspecified atom stereocenters. The van der Waals surface area contributed by atoms with Gasteiger partial charge in [-0.25, -0.2) is 8.42 Å². The first-order chi connectivity index (χ1) is 12.7. The average molecular weight is 470 g/mol. The maximum atomic E-state index is 12.8. The predicted octanol–water partition coefficient (Wildman–Crippen LogP) is 5.48. The quantitative estimate of drug-likeness (QED) is 0.314. The molecule has 0 spiro atoms. The number of benzene rings is 1. The maximum Gasteiger partial charge on any atom is 0.312 e. The van der Waals surface area contributed by atoms with Gasteiger partial charge in [-0.1, -0.05) is 53.9 Å². The summed E-state index contributed by atoms with van der Waals surface area (Å²) in [5.74, 6) is -0.414. The van der Waals surface area contributed by atoms with Crippen LogP contribution in [0, 0.1) is 0 Å². The lowest BCUT2D eigenvalue weighted by molar-refractivity contribution is -0.134. The number of carbonyl (C=O) groups is 1. The molecule has 0 saturated heterocycles. The smallest absolute Gasteiger partial charge is 0.312 e. The van der Waals surface area contributed by atoms with Crippen molar-refractivity contribution in [3.05, 3.63) is 50.8 Å². The van der Waals surface area contributed by atoms with Crippen molar-refractivity contribution in [3.63, 3.8) is 0 Å². The minimum Gasteiger partial charge on any atom is -0.406 e. The van der Waals surface area contributed by atoms with Crippen molar-refractivity contribution in [2.75, 3.05) is 4.72 Å². The molecule has 0 radical (unpaired) electrons. The number of thiazole rings is 1. The van der Waals surface area contributed by atoms with Gasteiger partial charge in [-0.05, 0) is 18.1 Å². The molecule has 0 aliphatic heterocycles. The third kappa shape index (κ3) is 5.36. The summed E-state index contributed by atoms with van der Waals surface area (Å²) >= 11 is 19.0. The number of nitrogens with one attached hydrogen (secondary N) is 1. The SMILES string of the molecule is C=CC(c1ccc(Cl)c(Cl)c1Cl)S(=O)(=O)Nc1nc(OC(=O)CCC)cs1. The van der Waals surface area contributed by atoms with E-state index in [1.54, 1.807) is 0 Å². The molecule has 2 aromatic rings. The number of halogens is 3. The highest BCUT2D eigenvalue weighted by molar-refractivity contribution is 7.93. The van der Waals surface area contributed by atoms with E-state index < -0.39 is 21.2 Å². The van der Waals surface area contributed by atoms with Crippen molar-refractivity contribution >= 4 is 67.3 Å². The number of anilines is 1. The molecule has 27 heavy (non-hydrogen) atoms. The van der Waals surface area contributed by atoms with Gasteiger partial charge in [0.2, 0.25) is 15.9 Å². The van der Waals surface area contributed by atoms with Crippen LogP contribution in [0.15, 0.2) is 30.2 Å². The van der Waals surface area contributed by atoms with E-state index in [0.717, 1.165) is 11.3 Å². The van der Waals surface area contributed by atoms with E-state index in [4.69, 9.17) is 39.5 Å². The molecular formula is C16H15Cl3N2O4S2. The zero-order valence-corrected chi connectivity index (χ0v) is 17.9. The maximum absolute atomic E-state index is 12.8. The number of hydrogen-bond donors (Lipinski definition) is 1. The Morgan fingerprint density at radius 2 is 2.07 bits per heavy atom. The minimum atomic E-state index is -4.00. The van der Waals surface area contributed by atoms with Crippen molar-refractivity contribution < 1.29 is 17.9 Å². The van der Waals surface area contributed by atoms with Gasteiger partial charge in [0.25, 0.3) is 0 Å². The lowest BCUT2D eigenvalue weighted by atomic mass is 10.1. The van der Waals surface area contributed by atoms with Crippen molar-refractivity contribution in [1.29, 1.82) is 0 Å². The van der Waals surface area contributed by atoms with Crippen LogP contribution in [0.1, 0.15) is 30.6 Å². The summed E-state index contributed by atoms with van der Waals surface area (Å²) in [6.07, 6.45) is 2.09. The number of rotatable bonds is 8. The summed E-state index contributed by atoms with van der Waals surface area (Å²) in [4.78, 5) is 15.4. The van der Waals surface area contributed by atoms with Gasteiger partial charge in [-0.15, -0.1) is 17.9 Å². The molecule has 2 rings (SSSR count). The summed E-state index contributed by atoms with van der Waals surface area (Å²) in [7, 11) is -4.00. The molecule has 0 aliphatic carbocycles. The van der Waals surface area contributed by atoms with Crippen LogP contribution in [0.4, 0.5) is 5.13 Å². The molecule has 0 fully saturated rings. The highest BCUT2D eigenvalue weighted by Gasteiger charge is 2.29. The number of sulfonamides is 1. The second-order valence-corrected chi connectivity index (χ2v) is 9.11. The first kappa shape index (κ1) is 22.0. The van der Waals surface area contributed by atoms with Crippen molar-refractivity contribution in [1.82, 2.24) is 4.98 Å². The summed E-state index contributed by atoms with van der Waals surface area (Å²) in [6.45, 7) is 5.40. The number of nitrogens with zero attached hydrogens (tertiary/aromatic N) is 1. The van der Waals surface area contributed by atoms with E-state index in [1.165, 1.54) is 23.6 Å². The van der Waals surface area contributed by atoms with Crippen LogP contribution >= 0.6 is 46.1 Å². The van der Waals surface area contributed by atoms with Gasteiger partial charge in [0, 0.05) is 6.42 Å². The Morgan fingerprint density at radius 3 is 2.70 bits per heavy atom. The highest BCUT2D eigenvalue weighted by Crippen LogP contribution is 2.39. The molecule has 1 atom stereocenters. The van der Waals surface area contributed by atoms with Crippen molar-refractivity contribution in [2.24, 2.45) is 0 Å². The fourth-order valence-electron chi connectivity index (χ4n) is 2.09. The predicted molar refractivity (Wildman–Crippen MR) is 110 cm³/mol. The van der Waals surface area contributed by atoms with E-state index >= 15 is 0 Å². The fourth-order valence-corrected chi connectivity index (χ4v) is 5.01. The summed E-state index contributed by atoms with van der Waals surface area (Å²) in [5, 5.41) is 0.551. The average Bonchev–Trinajstić information content (AvgIpc) is 3.01. The molecule has 0 bridgehead atoms. The third-order valence-electron chi connectivity index (χ3n) is 3.31. The standard InChI is InChI=1S/C16H15Cl3N2O4S2/c1-3-5-13(22)25-12-8-26-16(20-12)21-27(23,24)11(4-2)9-6-7-10(17)15(19)14(9)18/h4,6-8,11H,2-3,5H2,1H3,(H,20,21). The van der Waals surface area contributed by atoms with Crippen molar-refractivity contribution in [3.8, 4) is 5.88 Å². The zero-order valence-electron chi connectivity index (χ0n) is 14.0. The number of aromatic nitrogens is 1. The Balaban J connectivity index is 2.25. The van der Waals surface area contributed by atoms with Crippen LogP contribution in [-0.4, -0.2) is 19.4 Å². The van der Waals surface area contributed by atoms with Crippen molar-refractivity contribution in [2.45, 2.75) is 25.0 Å². The van der Waals surface area contributed by atoms with Crippen LogP contribution in [0.5, 0.6) is 5.88 Å². The molecule has 1 N–H and O–H groups in total. The molecular weight excluding hydrogens is 455 g/mol. The number of ether oxygens (including phenoxy) is 1. The second-order valence-electron chi connectivity index (χ2n) is 5.28. The number of esters is 1. The topological polar surface area (TPSA) is 85.4 Å². The van der Waals surface area contributed by atoms with Crippen LogP contribution in [0.25, 0.3) is 0 Å². The molecule has 11 heteroatoms.